The minimum Gasteiger partial charge on any atom is -0.423 e. The van der Waals surface area contributed by atoms with Crippen molar-refractivity contribution >= 4 is 11.9 Å². The van der Waals surface area contributed by atoms with E-state index in [9.17, 15) is 9.59 Å². The molecule has 0 spiro atoms. The number of carbonyl (C=O) groups excluding carboxylic acids is 2. The van der Waals surface area contributed by atoms with Gasteiger partial charge in [0.1, 0.15) is 11.5 Å². The highest BCUT2D eigenvalue weighted by molar-refractivity contribution is 5.92. The third-order valence-corrected chi connectivity index (χ3v) is 5.37. The highest BCUT2D eigenvalue weighted by Gasteiger charge is 2.23. The third-order valence-electron chi connectivity index (χ3n) is 5.37. The van der Waals surface area contributed by atoms with Crippen LogP contribution in [0.5, 0.6) is 11.5 Å². The van der Waals surface area contributed by atoms with Gasteiger partial charge in [0.15, 0.2) is 0 Å². The van der Waals surface area contributed by atoms with Crippen LogP contribution >= 0.6 is 0 Å². The summed E-state index contributed by atoms with van der Waals surface area (Å²) in [5, 5.41) is 0. The molecule has 3 rings (SSSR count). The van der Waals surface area contributed by atoms with Crippen molar-refractivity contribution in [3.05, 3.63) is 94.5 Å². The summed E-state index contributed by atoms with van der Waals surface area (Å²) in [6.07, 6.45) is 1.82. The Balaban J connectivity index is 1.82. The summed E-state index contributed by atoms with van der Waals surface area (Å²) in [5.74, 6) is 0.0212. The minimum atomic E-state index is -0.423. The fraction of sp³-hybridized carbons (Fsp3) is 0.286. The van der Waals surface area contributed by atoms with Gasteiger partial charge in [-0.15, -0.1) is 0 Å². The fourth-order valence-electron chi connectivity index (χ4n) is 3.33. The molecule has 0 bridgehead atoms. The molecule has 0 saturated heterocycles. The molecule has 166 valence electrons. The van der Waals surface area contributed by atoms with Gasteiger partial charge < -0.3 is 9.47 Å². The topological polar surface area (TPSA) is 52.6 Å². The van der Waals surface area contributed by atoms with Crippen LogP contribution in [0.3, 0.4) is 0 Å². The van der Waals surface area contributed by atoms with Crippen molar-refractivity contribution in [3.8, 4) is 11.5 Å². The van der Waals surface area contributed by atoms with Crippen LogP contribution in [0, 0.1) is 0 Å². The number of ether oxygens (including phenoxy) is 2. The van der Waals surface area contributed by atoms with Crippen LogP contribution in [0.15, 0.2) is 66.7 Å². The van der Waals surface area contributed by atoms with Crippen LogP contribution in [0.1, 0.15) is 72.0 Å². The van der Waals surface area contributed by atoms with Crippen LogP contribution in [-0.4, -0.2) is 11.9 Å². The Labute approximate surface area is 190 Å². The van der Waals surface area contributed by atoms with E-state index in [0.29, 0.717) is 22.6 Å². The highest BCUT2D eigenvalue weighted by Crippen LogP contribution is 2.35. The van der Waals surface area contributed by atoms with Crippen LogP contribution in [0.2, 0.25) is 0 Å². The van der Waals surface area contributed by atoms with Gasteiger partial charge in [-0.05, 0) is 71.8 Å². The summed E-state index contributed by atoms with van der Waals surface area (Å²) in [6, 6.07) is 19.9. The third kappa shape index (κ3) is 5.64. The van der Waals surface area contributed by atoms with Gasteiger partial charge in [-0.25, -0.2) is 9.59 Å². The molecule has 0 radical (unpaired) electrons. The molecule has 0 amide bonds. The second-order valence-electron chi connectivity index (χ2n) is 8.79. The van der Waals surface area contributed by atoms with Gasteiger partial charge in [-0.3, -0.25) is 0 Å². The van der Waals surface area contributed by atoms with Crippen molar-refractivity contribution < 1.29 is 19.1 Å². The largest absolute Gasteiger partial charge is 0.423 e. The first kappa shape index (κ1) is 23.3. The zero-order valence-corrected chi connectivity index (χ0v) is 19.4. The van der Waals surface area contributed by atoms with E-state index in [1.54, 1.807) is 42.5 Å². The molecule has 4 nitrogen and oxygen atoms in total. The van der Waals surface area contributed by atoms with Crippen molar-refractivity contribution in [1.29, 1.82) is 0 Å². The van der Waals surface area contributed by atoms with E-state index < -0.39 is 11.9 Å². The van der Waals surface area contributed by atoms with Crippen molar-refractivity contribution in [1.82, 2.24) is 0 Å². The van der Waals surface area contributed by atoms with Gasteiger partial charge in [0, 0.05) is 5.56 Å². The van der Waals surface area contributed by atoms with Gasteiger partial charge in [-0.1, -0.05) is 58.9 Å². The van der Waals surface area contributed by atoms with Gasteiger partial charge in [0.25, 0.3) is 0 Å². The quantitative estimate of drug-likeness (QED) is 0.329. The summed E-state index contributed by atoms with van der Waals surface area (Å²) in [4.78, 5) is 25.3. The Hall–Kier alpha value is -3.40. The first-order chi connectivity index (χ1) is 15.2. The second-order valence-corrected chi connectivity index (χ2v) is 8.79. The number of hydrogen-bond acceptors (Lipinski definition) is 4. The van der Waals surface area contributed by atoms with Crippen molar-refractivity contribution in [3.63, 3.8) is 0 Å². The van der Waals surface area contributed by atoms with E-state index in [0.717, 1.165) is 29.5 Å². The summed E-state index contributed by atoms with van der Waals surface area (Å²) < 4.78 is 11.3. The second kappa shape index (κ2) is 9.82. The molecule has 4 heteroatoms. The smallest absolute Gasteiger partial charge is 0.343 e. The molecule has 3 aromatic carbocycles. The Morgan fingerprint density at radius 1 is 0.688 bits per heavy atom. The van der Waals surface area contributed by atoms with E-state index in [2.05, 4.69) is 13.8 Å². The van der Waals surface area contributed by atoms with E-state index >= 15 is 0 Å². The number of esters is 2. The van der Waals surface area contributed by atoms with E-state index in [1.165, 1.54) is 0 Å². The highest BCUT2D eigenvalue weighted by atomic mass is 16.5. The maximum atomic E-state index is 12.7. The first-order valence-corrected chi connectivity index (χ1v) is 11.0. The zero-order chi connectivity index (χ0) is 23.3. The average molecular weight is 431 g/mol. The molecular weight excluding hydrogens is 400 g/mol. The maximum Gasteiger partial charge on any atom is 0.343 e. The van der Waals surface area contributed by atoms with Gasteiger partial charge >= 0.3 is 11.9 Å². The first-order valence-electron chi connectivity index (χ1n) is 11.0. The fourth-order valence-corrected chi connectivity index (χ4v) is 3.33. The molecule has 0 aliphatic rings. The number of rotatable bonds is 6. The summed E-state index contributed by atoms with van der Waals surface area (Å²) in [6.45, 7) is 10.2. The summed E-state index contributed by atoms with van der Waals surface area (Å²) in [7, 11) is 0. The van der Waals surface area contributed by atoms with Crippen LogP contribution in [-0.2, 0) is 18.3 Å². The van der Waals surface area contributed by atoms with Crippen LogP contribution in [0.4, 0.5) is 0 Å². The Kier molecular flexibility index (Phi) is 7.14. The lowest BCUT2D eigenvalue weighted by molar-refractivity contribution is 0.0716. The van der Waals surface area contributed by atoms with Crippen LogP contribution in [0.25, 0.3) is 0 Å². The Bertz CT molecular complexity index is 1090. The Morgan fingerprint density at radius 3 is 1.59 bits per heavy atom. The van der Waals surface area contributed by atoms with Gasteiger partial charge in [0.2, 0.25) is 0 Å². The molecule has 0 aliphatic carbocycles. The van der Waals surface area contributed by atoms with Crippen LogP contribution < -0.4 is 9.47 Å². The lowest BCUT2D eigenvalue weighted by Gasteiger charge is -2.23. The maximum absolute atomic E-state index is 12.7. The standard InChI is InChI=1S/C28H30O4/c1-6-19-8-12-21(13-9-19)26(29)31-23-16-17-25(24(18-23)28(3,4)5)32-27(30)22-14-10-20(7-2)11-15-22/h8-18H,6-7H2,1-5H3. The number of benzene rings is 3. The molecule has 0 N–H and O–H groups in total. The molecule has 0 saturated carbocycles. The normalized spacial score (nSPS) is 11.2. The molecule has 0 heterocycles. The number of carbonyl (C=O) groups is 2. The molecule has 0 aromatic heterocycles. The number of hydrogen-bond donors (Lipinski definition) is 0. The monoisotopic (exact) mass is 430 g/mol. The molecule has 0 unspecified atom stereocenters. The van der Waals surface area contributed by atoms with E-state index in [-0.39, 0.29) is 5.41 Å². The predicted octanol–water partition coefficient (Wildman–Crippen LogP) is 6.55. The lowest BCUT2D eigenvalue weighted by Crippen LogP contribution is -2.17. The number of aryl methyl sites for hydroxylation is 2. The minimum absolute atomic E-state index is 0.327. The summed E-state index contributed by atoms with van der Waals surface area (Å²) in [5.41, 5.74) is 3.76. The average Bonchev–Trinajstić information content (AvgIpc) is 2.79. The lowest BCUT2D eigenvalue weighted by atomic mass is 9.86. The van der Waals surface area contributed by atoms with E-state index in [4.69, 9.17) is 9.47 Å². The van der Waals surface area contributed by atoms with Crippen molar-refractivity contribution in [2.75, 3.05) is 0 Å². The molecule has 0 aliphatic heterocycles. The van der Waals surface area contributed by atoms with Crippen molar-refractivity contribution in [2.24, 2.45) is 0 Å². The summed E-state index contributed by atoms with van der Waals surface area (Å²) >= 11 is 0. The molecule has 32 heavy (non-hydrogen) atoms. The van der Waals surface area contributed by atoms with Crippen molar-refractivity contribution in [2.45, 2.75) is 52.9 Å². The molecular formula is C28H30O4. The van der Waals surface area contributed by atoms with Gasteiger partial charge in [0.05, 0.1) is 11.1 Å². The van der Waals surface area contributed by atoms with Gasteiger partial charge in [-0.2, -0.15) is 0 Å². The zero-order valence-electron chi connectivity index (χ0n) is 19.4. The SMILES string of the molecule is CCc1ccc(C(=O)Oc2ccc(OC(=O)c3ccc(CC)cc3)c(C(C)(C)C)c2)cc1. The molecule has 0 fully saturated rings. The molecule has 3 aromatic rings. The molecule has 0 atom stereocenters. The predicted molar refractivity (Wildman–Crippen MR) is 127 cm³/mol. The van der Waals surface area contributed by atoms with E-state index in [1.807, 2.05) is 45.0 Å². The Morgan fingerprint density at radius 2 is 1.16 bits per heavy atom.